The average Bonchev–Trinajstić information content (AvgIpc) is 2.99. The molecular weight excluding hydrogens is 312 g/mol. The number of aliphatic carboxylic acids is 1. The van der Waals surface area contributed by atoms with Crippen LogP contribution in [0.3, 0.4) is 0 Å². The van der Waals surface area contributed by atoms with Gasteiger partial charge in [0.15, 0.2) is 0 Å². The van der Waals surface area contributed by atoms with Gasteiger partial charge in [0.25, 0.3) is 0 Å². The molecule has 0 fully saturated rings. The van der Waals surface area contributed by atoms with Gasteiger partial charge in [-0.1, -0.05) is 70.1 Å². The lowest BCUT2D eigenvalue weighted by molar-refractivity contribution is -0.139. The van der Waals surface area contributed by atoms with Crippen LogP contribution in [0.1, 0.15) is 75.6 Å². The Labute approximate surface area is 150 Å². The third kappa shape index (κ3) is 4.24. The zero-order valence-corrected chi connectivity index (χ0v) is 15.2. The minimum absolute atomic E-state index is 0.118. The molecule has 0 amide bonds. The van der Waals surface area contributed by atoms with Crippen molar-refractivity contribution < 1.29 is 9.90 Å². The lowest BCUT2D eigenvalue weighted by Gasteiger charge is -2.29. The Balaban J connectivity index is 1.66. The second-order valence-electron chi connectivity index (χ2n) is 7.29. The number of carboxylic acids is 1. The fraction of sp³-hybridized carbons (Fsp3) is 0.571. The third-order valence-corrected chi connectivity index (χ3v) is 5.40. The van der Waals surface area contributed by atoms with E-state index in [9.17, 15) is 9.90 Å². The summed E-state index contributed by atoms with van der Waals surface area (Å²) >= 11 is 0. The zero-order valence-electron chi connectivity index (χ0n) is 15.2. The van der Waals surface area contributed by atoms with E-state index in [-0.39, 0.29) is 6.04 Å². The molecule has 0 saturated carbocycles. The Morgan fingerprint density at radius 3 is 2.60 bits per heavy atom. The molecule has 1 aromatic carbocycles. The van der Waals surface area contributed by atoms with Crippen molar-refractivity contribution in [3.8, 4) is 0 Å². The van der Waals surface area contributed by atoms with E-state index in [4.69, 9.17) is 0 Å². The highest BCUT2D eigenvalue weighted by Gasteiger charge is 2.32. The Morgan fingerprint density at radius 1 is 1.12 bits per heavy atom. The first-order valence-electron chi connectivity index (χ1n) is 9.79. The summed E-state index contributed by atoms with van der Waals surface area (Å²) in [5.41, 5.74) is 3.50. The highest BCUT2D eigenvalue weighted by atomic mass is 16.4. The van der Waals surface area contributed by atoms with Crippen LogP contribution in [0, 0.1) is 0 Å². The molecule has 4 nitrogen and oxygen atoms in total. The van der Waals surface area contributed by atoms with Crippen molar-refractivity contribution >= 4 is 16.9 Å². The molecule has 1 aromatic heterocycles. The predicted octanol–water partition coefficient (Wildman–Crippen LogP) is 4.95. The molecule has 2 heterocycles. The summed E-state index contributed by atoms with van der Waals surface area (Å²) in [5, 5.41) is 14.0. The number of unbranched alkanes of at least 4 members (excludes halogenated alkanes) is 6. The van der Waals surface area contributed by atoms with E-state index in [1.54, 1.807) is 0 Å². The molecule has 0 bridgehead atoms. The Hall–Kier alpha value is -1.81. The molecule has 3 rings (SSSR count). The second-order valence-corrected chi connectivity index (χ2v) is 7.29. The van der Waals surface area contributed by atoms with Gasteiger partial charge < -0.3 is 10.1 Å². The quantitative estimate of drug-likeness (QED) is 0.565. The van der Waals surface area contributed by atoms with E-state index in [1.165, 1.54) is 55.2 Å². The maximum atomic E-state index is 11.6. The number of carboxylic acid groups (broad SMARTS) is 1. The fourth-order valence-electron chi connectivity index (χ4n) is 4.02. The van der Waals surface area contributed by atoms with Crippen LogP contribution in [0.25, 0.3) is 10.9 Å². The summed E-state index contributed by atoms with van der Waals surface area (Å²) in [4.78, 5) is 15.1. The number of rotatable bonds is 9. The van der Waals surface area contributed by atoms with Gasteiger partial charge in [0.05, 0.1) is 0 Å². The zero-order chi connectivity index (χ0) is 17.6. The van der Waals surface area contributed by atoms with Crippen molar-refractivity contribution in [3.63, 3.8) is 0 Å². The number of carbonyl (C=O) groups is 1. The van der Waals surface area contributed by atoms with Gasteiger partial charge in [-0.15, -0.1) is 0 Å². The van der Waals surface area contributed by atoms with E-state index in [1.807, 2.05) is 12.1 Å². The first kappa shape index (κ1) is 18.0. The molecule has 0 saturated heterocycles. The highest BCUT2D eigenvalue weighted by molar-refractivity contribution is 5.86. The number of hydrogen-bond donors (Lipinski definition) is 3. The van der Waals surface area contributed by atoms with Crippen LogP contribution >= 0.6 is 0 Å². The summed E-state index contributed by atoms with van der Waals surface area (Å²) < 4.78 is 0. The van der Waals surface area contributed by atoms with E-state index in [0.717, 1.165) is 18.4 Å². The molecular formula is C21H30N2O2. The van der Waals surface area contributed by atoms with Crippen LogP contribution in [0.2, 0.25) is 0 Å². The molecule has 1 aliphatic rings. The molecule has 136 valence electrons. The van der Waals surface area contributed by atoms with Crippen LogP contribution < -0.4 is 5.32 Å². The maximum Gasteiger partial charge on any atom is 0.321 e. The number of benzene rings is 1. The van der Waals surface area contributed by atoms with Crippen molar-refractivity contribution in [1.82, 2.24) is 10.3 Å². The van der Waals surface area contributed by atoms with Crippen molar-refractivity contribution in [3.05, 3.63) is 35.5 Å². The van der Waals surface area contributed by atoms with Crippen LogP contribution in [0.5, 0.6) is 0 Å². The maximum absolute atomic E-state index is 11.6. The van der Waals surface area contributed by atoms with Gasteiger partial charge in [0, 0.05) is 29.1 Å². The standard InChI is InChI=1S/C21H30N2O2/c1-2-3-4-5-6-7-8-13-18-20-16(14-19(22-18)21(24)25)15-11-9-10-12-17(15)23-20/h9-12,18-19,22-23H,2-8,13-14H2,1H3,(H,24,25)/t18-,19+/m1/s1. The summed E-state index contributed by atoms with van der Waals surface area (Å²) in [5.74, 6) is -0.750. The minimum Gasteiger partial charge on any atom is -0.480 e. The largest absolute Gasteiger partial charge is 0.480 e. The Kier molecular flexibility index (Phi) is 6.14. The SMILES string of the molecule is CCCCCCCCC[C@H]1N[C@H](C(=O)O)Cc2c1[nH]c1ccccc21. The van der Waals surface area contributed by atoms with Gasteiger partial charge >= 0.3 is 5.97 Å². The van der Waals surface area contributed by atoms with Gasteiger partial charge in [-0.2, -0.15) is 0 Å². The molecule has 1 aliphatic heterocycles. The molecule has 4 heteroatoms. The van der Waals surface area contributed by atoms with Crippen LogP contribution in [-0.4, -0.2) is 22.1 Å². The van der Waals surface area contributed by atoms with Crippen molar-refractivity contribution in [2.45, 2.75) is 76.8 Å². The van der Waals surface area contributed by atoms with Gasteiger partial charge in [-0.05, 0) is 18.1 Å². The number of hydrogen-bond acceptors (Lipinski definition) is 2. The summed E-state index contributed by atoms with van der Waals surface area (Å²) in [6, 6.07) is 7.86. The number of fused-ring (bicyclic) bond motifs is 3. The second kappa shape index (κ2) is 8.52. The molecule has 0 radical (unpaired) electrons. The van der Waals surface area contributed by atoms with Crippen LogP contribution in [0.4, 0.5) is 0 Å². The summed E-state index contributed by atoms with van der Waals surface area (Å²) in [6.45, 7) is 2.24. The molecule has 0 spiro atoms. The molecule has 2 atom stereocenters. The van der Waals surface area contributed by atoms with Gasteiger partial charge in [0.1, 0.15) is 6.04 Å². The first-order valence-corrected chi connectivity index (χ1v) is 9.79. The molecule has 2 aromatic rings. The monoisotopic (exact) mass is 342 g/mol. The van der Waals surface area contributed by atoms with Gasteiger partial charge in [-0.25, -0.2) is 0 Å². The molecule has 3 N–H and O–H groups in total. The third-order valence-electron chi connectivity index (χ3n) is 5.40. The normalized spacial score (nSPS) is 19.9. The lowest BCUT2D eigenvalue weighted by Crippen LogP contribution is -2.44. The number of para-hydroxylation sites is 1. The Bertz CT molecular complexity index is 707. The van der Waals surface area contributed by atoms with Crippen LogP contribution in [-0.2, 0) is 11.2 Å². The van der Waals surface area contributed by atoms with Crippen molar-refractivity contribution in [2.24, 2.45) is 0 Å². The first-order chi connectivity index (χ1) is 12.2. The topological polar surface area (TPSA) is 65.1 Å². The highest BCUT2D eigenvalue weighted by Crippen LogP contribution is 2.34. The number of nitrogens with one attached hydrogen (secondary N) is 2. The Morgan fingerprint density at radius 2 is 1.84 bits per heavy atom. The van der Waals surface area contributed by atoms with Gasteiger partial charge in [0.2, 0.25) is 0 Å². The number of aromatic amines is 1. The number of aromatic nitrogens is 1. The lowest BCUT2D eigenvalue weighted by atomic mass is 9.91. The summed E-state index contributed by atoms with van der Waals surface area (Å²) in [7, 11) is 0. The number of H-pyrrole nitrogens is 1. The summed E-state index contributed by atoms with van der Waals surface area (Å²) in [6.07, 6.45) is 10.5. The van der Waals surface area contributed by atoms with Crippen molar-refractivity contribution in [2.75, 3.05) is 0 Å². The predicted molar refractivity (Wildman–Crippen MR) is 102 cm³/mol. The fourth-order valence-corrected chi connectivity index (χ4v) is 4.02. The van der Waals surface area contributed by atoms with E-state index < -0.39 is 12.0 Å². The van der Waals surface area contributed by atoms with Crippen LogP contribution in [0.15, 0.2) is 24.3 Å². The van der Waals surface area contributed by atoms with Gasteiger partial charge in [-0.3, -0.25) is 10.1 Å². The van der Waals surface area contributed by atoms with E-state index in [2.05, 4.69) is 29.4 Å². The minimum atomic E-state index is -0.750. The molecule has 0 unspecified atom stereocenters. The van der Waals surface area contributed by atoms with E-state index >= 15 is 0 Å². The van der Waals surface area contributed by atoms with E-state index in [0.29, 0.717) is 6.42 Å². The molecule has 25 heavy (non-hydrogen) atoms. The van der Waals surface area contributed by atoms with Crippen molar-refractivity contribution in [1.29, 1.82) is 0 Å². The average molecular weight is 342 g/mol. The molecule has 0 aliphatic carbocycles. The smallest absolute Gasteiger partial charge is 0.321 e.